The van der Waals surface area contributed by atoms with Crippen LogP contribution in [0.4, 0.5) is 13.6 Å². The first kappa shape index (κ1) is 25.3. The van der Waals surface area contributed by atoms with Crippen LogP contribution in [0.5, 0.6) is 11.6 Å². The summed E-state index contributed by atoms with van der Waals surface area (Å²) in [5, 5.41) is 0.747. The summed E-state index contributed by atoms with van der Waals surface area (Å²) < 4.78 is 36.5. The zero-order valence-corrected chi connectivity index (χ0v) is 20.6. The van der Waals surface area contributed by atoms with E-state index < -0.39 is 12.0 Å². The van der Waals surface area contributed by atoms with Crippen LogP contribution in [0.25, 0.3) is 10.9 Å². The Kier molecular flexibility index (Phi) is 7.05. The van der Waals surface area contributed by atoms with Gasteiger partial charge in [0.05, 0.1) is 5.52 Å². The van der Waals surface area contributed by atoms with Gasteiger partial charge in [-0.25, -0.2) is 23.5 Å². The molecule has 1 aromatic carbocycles. The Morgan fingerprint density at radius 2 is 1.86 bits per heavy atom. The molecule has 0 spiro atoms. The van der Waals surface area contributed by atoms with Gasteiger partial charge in [-0.3, -0.25) is 4.79 Å². The SMILES string of the molecule is C[C@H]1CN(C(=O)c2ccc3cc(Oc4ccc(C(F)F)cn4)ccc3n2)CCN1C(=O)OC(C)(C)C. The number of hydrogen-bond donors (Lipinski definition) is 0. The summed E-state index contributed by atoms with van der Waals surface area (Å²) >= 11 is 0. The number of amides is 2. The second-order valence-electron chi connectivity index (χ2n) is 9.66. The topological polar surface area (TPSA) is 84.9 Å². The quantitative estimate of drug-likeness (QED) is 0.476. The molecular weight excluding hydrogens is 470 g/mol. The van der Waals surface area contributed by atoms with E-state index in [1.165, 1.54) is 12.1 Å². The van der Waals surface area contributed by atoms with Crippen molar-refractivity contribution in [2.45, 2.75) is 45.8 Å². The molecule has 3 heterocycles. The fourth-order valence-electron chi connectivity index (χ4n) is 3.88. The van der Waals surface area contributed by atoms with Crippen molar-refractivity contribution in [3.63, 3.8) is 0 Å². The number of carbonyl (C=O) groups is 2. The van der Waals surface area contributed by atoms with E-state index in [9.17, 15) is 18.4 Å². The van der Waals surface area contributed by atoms with E-state index >= 15 is 0 Å². The second-order valence-corrected chi connectivity index (χ2v) is 9.66. The maximum Gasteiger partial charge on any atom is 0.410 e. The molecular formula is C26H28F2N4O4. The van der Waals surface area contributed by atoms with E-state index in [4.69, 9.17) is 9.47 Å². The van der Waals surface area contributed by atoms with Crippen molar-refractivity contribution in [3.8, 4) is 11.6 Å². The molecule has 0 saturated carbocycles. The number of carbonyl (C=O) groups excluding carboxylic acids is 2. The minimum Gasteiger partial charge on any atom is -0.444 e. The van der Waals surface area contributed by atoms with Gasteiger partial charge in [-0.1, -0.05) is 6.07 Å². The van der Waals surface area contributed by atoms with E-state index in [2.05, 4.69) is 9.97 Å². The molecule has 36 heavy (non-hydrogen) atoms. The average molecular weight is 499 g/mol. The third-order valence-corrected chi connectivity index (χ3v) is 5.66. The average Bonchev–Trinajstić information content (AvgIpc) is 2.82. The van der Waals surface area contributed by atoms with Gasteiger partial charge in [-0.15, -0.1) is 0 Å². The number of fused-ring (bicyclic) bond motifs is 1. The fraction of sp³-hybridized carbons (Fsp3) is 0.385. The van der Waals surface area contributed by atoms with Gasteiger partial charge in [0.2, 0.25) is 5.88 Å². The van der Waals surface area contributed by atoms with Crippen molar-refractivity contribution in [2.75, 3.05) is 19.6 Å². The minimum atomic E-state index is -2.59. The van der Waals surface area contributed by atoms with Crippen molar-refractivity contribution < 1.29 is 27.8 Å². The monoisotopic (exact) mass is 498 g/mol. The van der Waals surface area contributed by atoms with Crippen molar-refractivity contribution in [2.24, 2.45) is 0 Å². The van der Waals surface area contributed by atoms with Crippen LogP contribution in [0, 0.1) is 0 Å². The van der Waals surface area contributed by atoms with Crippen LogP contribution >= 0.6 is 0 Å². The number of benzene rings is 1. The van der Waals surface area contributed by atoms with Gasteiger partial charge in [0.15, 0.2) is 0 Å². The largest absolute Gasteiger partial charge is 0.444 e. The predicted molar refractivity (Wildman–Crippen MR) is 129 cm³/mol. The van der Waals surface area contributed by atoms with Crippen LogP contribution in [0.1, 0.15) is 50.2 Å². The van der Waals surface area contributed by atoms with E-state index in [-0.39, 0.29) is 29.5 Å². The summed E-state index contributed by atoms with van der Waals surface area (Å²) in [4.78, 5) is 37.3. The number of piperazine rings is 1. The molecule has 1 aliphatic heterocycles. The second kappa shape index (κ2) is 10.0. The molecule has 10 heteroatoms. The van der Waals surface area contributed by atoms with Crippen LogP contribution in [0.15, 0.2) is 48.7 Å². The van der Waals surface area contributed by atoms with Crippen molar-refractivity contribution in [1.82, 2.24) is 19.8 Å². The number of halogens is 2. The van der Waals surface area contributed by atoms with Gasteiger partial charge >= 0.3 is 6.09 Å². The summed E-state index contributed by atoms with van der Waals surface area (Å²) in [6.07, 6.45) is -1.90. The number of nitrogens with zero attached hydrogens (tertiary/aromatic N) is 4. The van der Waals surface area contributed by atoms with E-state index in [1.54, 1.807) is 40.1 Å². The summed E-state index contributed by atoms with van der Waals surface area (Å²) in [7, 11) is 0. The van der Waals surface area contributed by atoms with Crippen LogP contribution in [0.2, 0.25) is 0 Å². The molecule has 1 fully saturated rings. The Labute approximate surface area is 207 Å². The first-order valence-corrected chi connectivity index (χ1v) is 11.6. The number of alkyl halides is 2. The molecule has 1 aliphatic rings. The number of rotatable bonds is 4. The lowest BCUT2D eigenvalue weighted by Gasteiger charge is -2.40. The Bertz CT molecular complexity index is 1260. The van der Waals surface area contributed by atoms with Gasteiger partial charge in [0, 0.05) is 48.9 Å². The maximum atomic E-state index is 13.1. The number of ether oxygens (including phenoxy) is 2. The molecule has 0 N–H and O–H groups in total. The molecule has 0 aliphatic carbocycles. The molecule has 0 radical (unpaired) electrons. The highest BCUT2D eigenvalue weighted by molar-refractivity contribution is 5.95. The third kappa shape index (κ3) is 5.87. The number of pyridine rings is 2. The summed E-state index contributed by atoms with van der Waals surface area (Å²) in [5.41, 5.74) is 0.148. The highest BCUT2D eigenvalue weighted by Gasteiger charge is 2.33. The van der Waals surface area contributed by atoms with Gasteiger partial charge in [0.25, 0.3) is 12.3 Å². The van der Waals surface area contributed by atoms with Crippen molar-refractivity contribution >= 4 is 22.9 Å². The number of hydrogen-bond acceptors (Lipinski definition) is 6. The standard InChI is InChI=1S/C26H28F2N4O4/c1-16-15-31(11-12-32(16)25(34)36-26(2,3)4)24(33)21-8-5-17-13-19(7-9-20(17)30-21)35-22-10-6-18(14-29-22)23(27)28/h5-10,13-14,16,23H,11-12,15H2,1-4H3/t16-/m0/s1. The normalized spacial score (nSPS) is 16.4. The summed E-state index contributed by atoms with van der Waals surface area (Å²) in [5.74, 6) is 0.446. The van der Waals surface area contributed by atoms with Gasteiger partial charge in [-0.2, -0.15) is 0 Å². The molecule has 0 unspecified atom stereocenters. The van der Waals surface area contributed by atoms with Gasteiger partial charge in [-0.05, 0) is 58.0 Å². The van der Waals surface area contributed by atoms with Crippen LogP contribution in [-0.2, 0) is 4.74 Å². The van der Waals surface area contributed by atoms with Gasteiger partial charge < -0.3 is 19.3 Å². The summed E-state index contributed by atoms with van der Waals surface area (Å²) in [6, 6.07) is 11.0. The highest BCUT2D eigenvalue weighted by atomic mass is 19.3. The number of aromatic nitrogens is 2. The molecule has 2 aromatic heterocycles. The Morgan fingerprint density at radius 1 is 1.08 bits per heavy atom. The Hall–Kier alpha value is -3.82. The van der Waals surface area contributed by atoms with Gasteiger partial charge in [0.1, 0.15) is 17.0 Å². The molecule has 8 nitrogen and oxygen atoms in total. The van der Waals surface area contributed by atoms with Crippen molar-refractivity contribution in [1.29, 1.82) is 0 Å². The molecule has 0 bridgehead atoms. The van der Waals surface area contributed by atoms with Crippen LogP contribution < -0.4 is 4.74 Å². The molecule has 1 saturated heterocycles. The molecule has 3 aromatic rings. The lowest BCUT2D eigenvalue weighted by Crippen LogP contribution is -2.56. The lowest BCUT2D eigenvalue weighted by atomic mass is 10.1. The smallest absolute Gasteiger partial charge is 0.410 e. The molecule has 4 rings (SSSR count). The molecule has 1 atom stereocenters. The van der Waals surface area contributed by atoms with E-state index in [0.29, 0.717) is 36.6 Å². The minimum absolute atomic E-state index is 0.178. The lowest BCUT2D eigenvalue weighted by molar-refractivity contribution is 0.00190. The third-order valence-electron chi connectivity index (χ3n) is 5.66. The van der Waals surface area contributed by atoms with Crippen molar-refractivity contribution in [3.05, 3.63) is 59.9 Å². The molecule has 2 amide bonds. The predicted octanol–water partition coefficient (Wildman–Crippen LogP) is 5.44. The van der Waals surface area contributed by atoms with Crippen LogP contribution in [0.3, 0.4) is 0 Å². The van der Waals surface area contributed by atoms with E-state index in [0.717, 1.165) is 11.6 Å². The summed E-state index contributed by atoms with van der Waals surface area (Å²) in [6.45, 7) is 8.48. The first-order valence-electron chi connectivity index (χ1n) is 11.6. The highest BCUT2D eigenvalue weighted by Crippen LogP contribution is 2.26. The Balaban J connectivity index is 1.42. The maximum absolute atomic E-state index is 13.1. The van der Waals surface area contributed by atoms with E-state index in [1.807, 2.05) is 27.7 Å². The first-order chi connectivity index (χ1) is 17.0. The van der Waals surface area contributed by atoms with Crippen LogP contribution in [-0.4, -0.2) is 63.0 Å². The Morgan fingerprint density at radius 3 is 2.50 bits per heavy atom. The molecule has 190 valence electrons. The fourth-order valence-corrected chi connectivity index (χ4v) is 3.88. The zero-order chi connectivity index (χ0) is 26.0. The zero-order valence-electron chi connectivity index (χ0n) is 20.6.